The molecule has 3 heteroatoms. The molecule has 0 bridgehead atoms. The lowest BCUT2D eigenvalue weighted by Crippen LogP contribution is -2.31. The molecule has 1 aromatic heterocycles. The summed E-state index contributed by atoms with van der Waals surface area (Å²) in [6.45, 7) is 5.21. The van der Waals surface area contributed by atoms with Crippen LogP contribution in [0.1, 0.15) is 25.3 Å². The molecule has 3 nitrogen and oxygen atoms in total. The van der Waals surface area contributed by atoms with Gasteiger partial charge in [-0.1, -0.05) is 13.3 Å². The maximum absolute atomic E-state index is 5.78. The zero-order valence-electron chi connectivity index (χ0n) is 11.1. The third kappa shape index (κ3) is 5.80. The Labute approximate surface area is 105 Å². The number of pyridine rings is 1. The molecule has 0 spiro atoms. The lowest BCUT2D eigenvalue weighted by atomic mass is 10.0. The molecule has 0 aromatic carbocycles. The average Bonchev–Trinajstić information content (AvgIpc) is 2.37. The quantitative estimate of drug-likeness (QED) is 0.748. The molecule has 0 saturated carbocycles. The normalized spacial score (nSPS) is 12.9. The van der Waals surface area contributed by atoms with Crippen LogP contribution in [0.2, 0.25) is 0 Å². The first-order valence-corrected chi connectivity index (χ1v) is 6.53. The van der Waals surface area contributed by atoms with Gasteiger partial charge in [-0.2, -0.15) is 0 Å². The van der Waals surface area contributed by atoms with E-state index in [0.29, 0.717) is 5.92 Å². The second-order valence-electron chi connectivity index (χ2n) is 4.76. The Morgan fingerprint density at radius 1 is 1.35 bits per heavy atom. The summed E-state index contributed by atoms with van der Waals surface area (Å²) in [5.41, 5.74) is 7.13. The minimum absolute atomic E-state index is 0.641. The summed E-state index contributed by atoms with van der Waals surface area (Å²) in [5, 5.41) is 0. The number of hydrogen-bond acceptors (Lipinski definition) is 3. The van der Waals surface area contributed by atoms with Crippen molar-refractivity contribution in [3.8, 4) is 0 Å². The van der Waals surface area contributed by atoms with E-state index in [2.05, 4.69) is 36.0 Å². The summed E-state index contributed by atoms with van der Waals surface area (Å²) in [5.74, 6) is 0.641. The van der Waals surface area contributed by atoms with Crippen LogP contribution in [0.4, 0.5) is 0 Å². The Hall–Kier alpha value is -0.930. The fraction of sp³-hybridized carbons (Fsp3) is 0.643. The fourth-order valence-electron chi connectivity index (χ4n) is 2.09. The molecule has 1 heterocycles. The largest absolute Gasteiger partial charge is 0.330 e. The van der Waals surface area contributed by atoms with E-state index >= 15 is 0 Å². The Kier molecular flexibility index (Phi) is 6.82. The second kappa shape index (κ2) is 8.20. The summed E-state index contributed by atoms with van der Waals surface area (Å²) in [4.78, 5) is 6.41. The van der Waals surface area contributed by atoms with Gasteiger partial charge in [-0.3, -0.25) is 4.98 Å². The van der Waals surface area contributed by atoms with E-state index in [1.165, 1.54) is 18.4 Å². The maximum atomic E-state index is 5.78. The van der Waals surface area contributed by atoms with Gasteiger partial charge in [-0.25, -0.2) is 0 Å². The summed E-state index contributed by atoms with van der Waals surface area (Å²) in [6, 6.07) is 4.17. The van der Waals surface area contributed by atoms with Gasteiger partial charge in [0.2, 0.25) is 0 Å². The van der Waals surface area contributed by atoms with Crippen LogP contribution < -0.4 is 5.73 Å². The van der Waals surface area contributed by atoms with E-state index < -0.39 is 0 Å². The van der Waals surface area contributed by atoms with E-state index in [4.69, 9.17) is 5.73 Å². The molecule has 1 rings (SSSR count). The van der Waals surface area contributed by atoms with Gasteiger partial charge in [0.1, 0.15) is 0 Å². The van der Waals surface area contributed by atoms with Crippen molar-refractivity contribution in [2.24, 2.45) is 11.7 Å². The standard InChI is InChI=1S/C14H25N3/c1-3-4-14(11-15)12-17(2)10-7-13-5-8-16-9-6-13/h5-6,8-9,14H,3-4,7,10-12,15H2,1-2H3. The lowest BCUT2D eigenvalue weighted by Gasteiger charge is -2.22. The SMILES string of the molecule is CCCC(CN)CN(C)CCc1ccncc1. The van der Waals surface area contributed by atoms with Crippen LogP contribution in [-0.2, 0) is 6.42 Å². The topological polar surface area (TPSA) is 42.1 Å². The Bertz CT molecular complexity index is 287. The molecule has 1 atom stereocenters. The Morgan fingerprint density at radius 2 is 2.06 bits per heavy atom. The van der Waals surface area contributed by atoms with Crippen molar-refractivity contribution >= 4 is 0 Å². The first-order valence-electron chi connectivity index (χ1n) is 6.53. The molecule has 0 amide bonds. The zero-order valence-corrected chi connectivity index (χ0v) is 11.1. The molecule has 0 fully saturated rings. The predicted octanol–water partition coefficient (Wildman–Crippen LogP) is 1.93. The highest BCUT2D eigenvalue weighted by Crippen LogP contribution is 2.07. The number of nitrogens with two attached hydrogens (primary N) is 1. The van der Waals surface area contributed by atoms with Crippen molar-refractivity contribution in [1.29, 1.82) is 0 Å². The number of aromatic nitrogens is 1. The highest BCUT2D eigenvalue weighted by atomic mass is 15.1. The third-order valence-electron chi connectivity index (χ3n) is 3.13. The van der Waals surface area contributed by atoms with Crippen LogP contribution in [-0.4, -0.2) is 36.6 Å². The van der Waals surface area contributed by atoms with Gasteiger partial charge >= 0.3 is 0 Å². The van der Waals surface area contributed by atoms with Crippen molar-refractivity contribution < 1.29 is 0 Å². The first kappa shape index (κ1) is 14.1. The van der Waals surface area contributed by atoms with Gasteiger partial charge in [-0.15, -0.1) is 0 Å². The maximum Gasteiger partial charge on any atom is 0.0270 e. The molecule has 17 heavy (non-hydrogen) atoms. The fourth-order valence-corrected chi connectivity index (χ4v) is 2.09. The van der Waals surface area contributed by atoms with Gasteiger partial charge in [0, 0.05) is 25.5 Å². The minimum atomic E-state index is 0.641. The number of hydrogen-bond donors (Lipinski definition) is 1. The number of nitrogens with zero attached hydrogens (tertiary/aromatic N) is 2. The highest BCUT2D eigenvalue weighted by molar-refractivity contribution is 5.09. The van der Waals surface area contributed by atoms with Crippen LogP contribution in [0.5, 0.6) is 0 Å². The number of likely N-dealkylation sites (N-methyl/N-ethyl adjacent to an activating group) is 1. The van der Waals surface area contributed by atoms with Crippen molar-refractivity contribution in [2.75, 3.05) is 26.7 Å². The van der Waals surface area contributed by atoms with Crippen LogP contribution in [0.15, 0.2) is 24.5 Å². The summed E-state index contributed by atoms with van der Waals surface area (Å²) in [6.07, 6.45) is 7.25. The van der Waals surface area contributed by atoms with Gasteiger partial charge in [0.05, 0.1) is 0 Å². The highest BCUT2D eigenvalue weighted by Gasteiger charge is 2.08. The van der Waals surface area contributed by atoms with Crippen molar-refractivity contribution in [3.05, 3.63) is 30.1 Å². The monoisotopic (exact) mass is 235 g/mol. The van der Waals surface area contributed by atoms with Crippen LogP contribution in [0.25, 0.3) is 0 Å². The number of rotatable bonds is 8. The van der Waals surface area contributed by atoms with Gasteiger partial charge in [-0.05, 0) is 50.0 Å². The van der Waals surface area contributed by atoms with Crippen LogP contribution in [0.3, 0.4) is 0 Å². The van der Waals surface area contributed by atoms with Gasteiger partial charge in [0.15, 0.2) is 0 Å². The molecule has 0 aliphatic heterocycles. The zero-order chi connectivity index (χ0) is 12.5. The van der Waals surface area contributed by atoms with Gasteiger partial charge < -0.3 is 10.6 Å². The van der Waals surface area contributed by atoms with Crippen molar-refractivity contribution in [2.45, 2.75) is 26.2 Å². The smallest absolute Gasteiger partial charge is 0.0270 e. The molecule has 1 aromatic rings. The Balaban J connectivity index is 2.27. The summed E-state index contributed by atoms with van der Waals surface area (Å²) in [7, 11) is 2.18. The van der Waals surface area contributed by atoms with Gasteiger partial charge in [0.25, 0.3) is 0 Å². The van der Waals surface area contributed by atoms with Crippen molar-refractivity contribution in [3.63, 3.8) is 0 Å². The lowest BCUT2D eigenvalue weighted by molar-refractivity contribution is 0.272. The van der Waals surface area contributed by atoms with Crippen molar-refractivity contribution in [1.82, 2.24) is 9.88 Å². The molecule has 0 radical (unpaired) electrons. The first-order chi connectivity index (χ1) is 8.26. The van der Waals surface area contributed by atoms with Crippen LogP contribution >= 0.6 is 0 Å². The molecule has 96 valence electrons. The van der Waals surface area contributed by atoms with Crippen LogP contribution in [0, 0.1) is 5.92 Å². The van der Waals surface area contributed by atoms with E-state index in [-0.39, 0.29) is 0 Å². The minimum Gasteiger partial charge on any atom is -0.330 e. The summed E-state index contributed by atoms with van der Waals surface area (Å²) >= 11 is 0. The van der Waals surface area contributed by atoms with E-state index in [0.717, 1.165) is 26.1 Å². The molecular weight excluding hydrogens is 210 g/mol. The molecule has 0 saturated heterocycles. The molecule has 0 aliphatic carbocycles. The van der Waals surface area contributed by atoms with E-state index in [9.17, 15) is 0 Å². The predicted molar refractivity (Wildman–Crippen MR) is 72.9 cm³/mol. The molecular formula is C14H25N3. The third-order valence-corrected chi connectivity index (χ3v) is 3.13. The second-order valence-corrected chi connectivity index (χ2v) is 4.76. The molecule has 1 unspecified atom stereocenters. The average molecular weight is 235 g/mol. The summed E-state index contributed by atoms with van der Waals surface area (Å²) < 4.78 is 0. The Morgan fingerprint density at radius 3 is 2.65 bits per heavy atom. The van der Waals surface area contributed by atoms with E-state index in [1.807, 2.05) is 12.4 Å². The molecule has 0 aliphatic rings. The van der Waals surface area contributed by atoms with E-state index in [1.54, 1.807) is 0 Å². The molecule has 2 N–H and O–H groups in total.